The lowest BCUT2D eigenvalue weighted by molar-refractivity contribution is 0.384. The summed E-state index contributed by atoms with van der Waals surface area (Å²) < 4.78 is 1.37. The summed E-state index contributed by atoms with van der Waals surface area (Å²) in [7, 11) is 1.97. The molecule has 2 N–H and O–H groups in total. The topological polar surface area (TPSA) is 64.2 Å². The van der Waals surface area contributed by atoms with Crippen LogP contribution in [0, 0.1) is 0 Å². The van der Waals surface area contributed by atoms with E-state index in [0.717, 1.165) is 31.4 Å². The maximum atomic E-state index is 12.0. The highest BCUT2D eigenvalue weighted by Crippen LogP contribution is 2.28. The van der Waals surface area contributed by atoms with Gasteiger partial charge in [-0.2, -0.15) is 5.10 Å². The molecule has 1 aliphatic rings. The third-order valence-electron chi connectivity index (χ3n) is 3.94. The number of hydrogen-bond acceptors (Lipinski definition) is 4. The van der Waals surface area contributed by atoms with Crippen LogP contribution in [-0.2, 0) is 6.54 Å². The summed E-state index contributed by atoms with van der Waals surface area (Å²) in [6, 6.07) is 0.697. The lowest BCUT2D eigenvalue weighted by Gasteiger charge is -2.35. The van der Waals surface area contributed by atoms with E-state index in [-0.39, 0.29) is 10.6 Å². The Kier molecular flexibility index (Phi) is 4.47. The van der Waals surface area contributed by atoms with E-state index in [9.17, 15) is 4.79 Å². The summed E-state index contributed by atoms with van der Waals surface area (Å²) in [6.45, 7) is 2.40. The fourth-order valence-corrected chi connectivity index (χ4v) is 2.89. The van der Waals surface area contributed by atoms with Gasteiger partial charge in [0, 0.05) is 25.7 Å². The molecule has 1 saturated carbocycles. The van der Waals surface area contributed by atoms with E-state index in [4.69, 9.17) is 17.3 Å². The smallest absolute Gasteiger partial charge is 0.287 e. The molecule has 1 heterocycles. The van der Waals surface area contributed by atoms with Crippen molar-refractivity contribution < 1.29 is 0 Å². The summed E-state index contributed by atoms with van der Waals surface area (Å²) in [4.78, 5) is 14.1. The standard InChI is InChI=1S/C13H21ClN4O/c1-3-18-13(19)12(14)11(8-16-18)17(2)10-6-4-9(15)5-7-10/h8-10H,3-7,15H2,1-2H3. The number of halogens is 1. The van der Waals surface area contributed by atoms with Crippen LogP contribution in [-0.4, -0.2) is 28.9 Å². The molecule has 6 heteroatoms. The molecule has 2 rings (SSSR count). The Labute approximate surface area is 118 Å². The Morgan fingerprint density at radius 1 is 1.47 bits per heavy atom. The van der Waals surface area contributed by atoms with Crippen molar-refractivity contribution in [3.8, 4) is 0 Å². The molecule has 1 fully saturated rings. The highest BCUT2D eigenvalue weighted by atomic mass is 35.5. The maximum Gasteiger partial charge on any atom is 0.287 e. The SMILES string of the molecule is CCn1ncc(N(C)C2CCC(N)CC2)c(Cl)c1=O. The van der Waals surface area contributed by atoms with Gasteiger partial charge in [0.2, 0.25) is 0 Å². The Morgan fingerprint density at radius 3 is 2.68 bits per heavy atom. The average Bonchev–Trinajstić information content (AvgIpc) is 2.42. The van der Waals surface area contributed by atoms with E-state index in [0.29, 0.717) is 18.6 Å². The van der Waals surface area contributed by atoms with E-state index in [1.165, 1.54) is 4.68 Å². The first-order chi connectivity index (χ1) is 9.04. The zero-order chi connectivity index (χ0) is 14.0. The number of rotatable bonds is 3. The zero-order valence-corrected chi connectivity index (χ0v) is 12.2. The van der Waals surface area contributed by atoms with Crippen LogP contribution >= 0.6 is 11.6 Å². The monoisotopic (exact) mass is 284 g/mol. The van der Waals surface area contributed by atoms with Crippen molar-refractivity contribution in [2.45, 2.75) is 51.2 Å². The second-order valence-corrected chi connectivity index (χ2v) is 5.52. The van der Waals surface area contributed by atoms with Gasteiger partial charge < -0.3 is 10.6 Å². The summed E-state index contributed by atoms with van der Waals surface area (Å²) in [5.74, 6) is 0. The summed E-state index contributed by atoms with van der Waals surface area (Å²) in [5.41, 5.74) is 6.42. The van der Waals surface area contributed by atoms with E-state index >= 15 is 0 Å². The molecule has 1 aliphatic carbocycles. The van der Waals surface area contributed by atoms with Gasteiger partial charge in [-0.05, 0) is 32.6 Å². The van der Waals surface area contributed by atoms with Crippen LogP contribution in [0.3, 0.4) is 0 Å². The predicted octanol–water partition coefficient (Wildman–Crippen LogP) is 1.62. The van der Waals surface area contributed by atoms with E-state index < -0.39 is 0 Å². The minimum atomic E-state index is -0.221. The Bertz CT molecular complexity index is 494. The molecule has 0 aliphatic heterocycles. The summed E-state index contributed by atoms with van der Waals surface area (Å²) in [5, 5.41) is 4.40. The molecule has 0 bridgehead atoms. The predicted molar refractivity (Wildman–Crippen MR) is 77.8 cm³/mol. The van der Waals surface area contributed by atoms with Crippen molar-refractivity contribution in [3.05, 3.63) is 21.6 Å². The van der Waals surface area contributed by atoms with Crippen LogP contribution < -0.4 is 16.2 Å². The molecule has 106 valence electrons. The van der Waals surface area contributed by atoms with Crippen LogP contribution in [0.15, 0.2) is 11.0 Å². The first-order valence-corrected chi connectivity index (χ1v) is 7.16. The molecule has 0 radical (unpaired) electrons. The minimum absolute atomic E-state index is 0.221. The molecule has 0 amide bonds. The lowest BCUT2D eigenvalue weighted by atomic mass is 9.91. The number of nitrogens with zero attached hydrogens (tertiary/aromatic N) is 3. The quantitative estimate of drug-likeness (QED) is 0.916. The molecule has 0 unspecified atom stereocenters. The van der Waals surface area contributed by atoms with Gasteiger partial charge in [0.15, 0.2) is 0 Å². The number of hydrogen-bond donors (Lipinski definition) is 1. The Morgan fingerprint density at radius 2 is 2.11 bits per heavy atom. The first kappa shape index (κ1) is 14.3. The Balaban J connectivity index is 2.22. The number of aromatic nitrogens is 2. The summed E-state index contributed by atoms with van der Waals surface area (Å²) in [6.07, 6.45) is 5.79. The average molecular weight is 285 g/mol. The molecule has 1 aromatic heterocycles. The van der Waals surface area contributed by atoms with Gasteiger partial charge in [-0.1, -0.05) is 11.6 Å². The van der Waals surface area contributed by atoms with E-state index in [2.05, 4.69) is 10.00 Å². The van der Waals surface area contributed by atoms with Gasteiger partial charge in [-0.25, -0.2) is 4.68 Å². The third kappa shape index (κ3) is 2.92. The van der Waals surface area contributed by atoms with Gasteiger partial charge in [0.05, 0.1) is 11.9 Å². The highest BCUT2D eigenvalue weighted by molar-refractivity contribution is 6.33. The number of aryl methyl sites for hydroxylation is 1. The van der Waals surface area contributed by atoms with Gasteiger partial charge in [0.25, 0.3) is 5.56 Å². The van der Waals surface area contributed by atoms with Crippen LogP contribution in [0.2, 0.25) is 5.02 Å². The van der Waals surface area contributed by atoms with Crippen molar-refractivity contribution in [2.24, 2.45) is 5.73 Å². The van der Waals surface area contributed by atoms with Crippen LogP contribution in [0.25, 0.3) is 0 Å². The molecular weight excluding hydrogens is 264 g/mol. The van der Waals surface area contributed by atoms with Crippen molar-refractivity contribution in [1.29, 1.82) is 0 Å². The van der Waals surface area contributed by atoms with Crippen LogP contribution in [0.5, 0.6) is 0 Å². The van der Waals surface area contributed by atoms with Gasteiger partial charge in [-0.15, -0.1) is 0 Å². The maximum absolute atomic E-state index is 12.0. The van der Waals surface area contributed by atoms with Gasteiger partial charge in [0.1, 0.15) is 5.02 Å². The van der Waals surface area contributed by atoms with Gasteiger partial charge in [-0.3, -0.25) is 4.79 Å². The van der Waals surface area contributed by atoms with Crippen molar-refractivity contribution in [1.82, 2.24) is 9.78 Å². The molecule has 0 atom stereocenters. The van der Waals surface area contributed by atoms with E-state index in [1.807, 2.05) is 14.0 Å². The molecule has 0 spiro atoms. The highest BCUT2D eigenvalue weighted by Gasteiger charge is 2.24. The lowest BCUT2D eigenvalue weighted by Crippen LogP contribution is -2.39. The number of nitrogens with two attached hydrogens (primary N) is 1. The van der Waals surface area contributed by atoms with Crippen molar-refractivity contribution in [3.63, 3.8) is 0 Å². The molecule has 1 aromatic rings. The first-order valence-electron chi connectivity index (χ1n) is 6.78. The summed E-state index contributed by atoms with van der Waals surface area (Å²) >= 11 is 6.18. The molecule has 0 aromatic carbocycles. The van der Waals surface area contributed by atoms with Crippen LogP contribution in [0.1, 0.15) is 32.6 Å². The normalized spacial score (nSPS) is 23.4. The minimum Gasteiger partial charge on any atom is -0.369 e. The zero-order valence-electron chi connectivity index (χ0n) is 11.5. The Hall–Kier alpha value is -1.07. The second kappa shape index (κ2) is 5.92. The van der Waals surface area contributed by atoms with Crippen molar-refractivity contribution in [2.75, 3.05) is 11.9 Å². The van der Waals surface area contributed by atoms with Crippen molar-refractivity contribution >= 4 is 17.3 Å². The largest absolute Gasteiger partial charge is 0.369 e. The molecular formula is C13H21ClN4O. The molecule has 19 heavy (non-hydrogen) atoms. The molecule has 5 nitrogen and oxygen atoms in total. The third-order valence-corrected chi connectivity index (χ3v) is 4.29. The fraction of sp³-hybridized carbons (Fsp3) is 0.692. The number of anilines is 1. The van der Waals surface area contributed by atoms with E-state index in [1.54, 1.807) is 6.20 Å². The molecule has 0 saturated heterocycles. The second-order valence-electron chi connectivity index (χ2n) is 5.14. The van der Waals surface area contributed by atoms with Crippen LogP contribution in [0.4, 0.5) is 5.69 Å². The van der Waals surface area contributed by atoms with Gasteiger partial charge >= 0.3 is 0 Å². The fourth-order valence-electron chi connectivity index (χ4n) is 2.61.